The Kier molecular flexibility index (Phi) is 11.3. The Morgan fingerprint density at radius 2 is 1.62 bits per heavy atom. The van der Waals surface area contributed by atoms with Crippen LogP contribution >= 0.6 is 0 Å². The lowest BCUT2D eigenvalue weighted by Crippen LogP contribution is -2.52. The number of likely N-dealkylation sites (N-methyl/N-ethyl adjacent to an activating group) is 1. The predicted octanol–water partition coefficient (Wildman–Crippen LogP) is 3.41. The van der Waals surface area contributed by atoms with Crippen LogP contribution in [0, 0.1) is 6.92 Å². The average molecular weight is 542 g/mol. The Hall–Kier alpha value is -4.08. The molecule has 0 aliphatic carbocycles. The van der Waals surface area contributed by atoms with Crippen LogP contribution in [0.1, 0.15) is 56.8 Å². The summed E-state index contributed by atoms with van der Waals surface area (Å²) >= 11 is 0. The summed E-state index contributed by atoms with van der Waals surface area (Å²) in [6, 6.07) is 11.3. The van der Waals surface area contributed by atoms with Gasteiger partial charge in [-0.3, -0.25) is 14.4 Å². The van der Waals surface area contributed by atoms with Crippen molar-refractivity contribution in [2.24, 2.45) is 0 Å². The summed E-state index contributed by atoms with van der Waals surface area (Å²) in [6.07, 6.45) is -0.700. The van der Waals surface area contributed by atoms with Crippen molar-refractivity contribution in [3.05, 3.63) is 65.2 Å². The smallest absolute Gasteiger partial charge is 0.408 e. The normalized spacial score (nSPS) is 12.6. The van der Waals surface area contributed by atoms with Gasteiger partial charge in [-0.1, -0.05) is 42.0 Å². The van der Waals surface area contributed by atoms with Crippen molar-refractivity contribution in [3.63, 3.8) is 0 Å². The van der Waals surface area contributed by atoms with Gasteiger partial charge in [0.05, 0.1) is 13.0 Å². The minimum absolute atomic E-state index is 0.0124. The molecule has 0 aliphatic heterocycles. The third kappa shape index (κ3) is 10.3. The van der Waals surface area contributed by atoms with Gasteiger partial charge in [0.1, 0.15) is 23.4 Å². The van der Waals surface area contributed by atoms with E-state index in [-0.39, 0.29) is 31.7 Å². The van der Waals surface area contributed by atoms with Crippen molar-refractivity contribution in [2.75, 3.05) is 20.2 Å². The highest BCUT2D eigenvalue weighted by Crippen LogP contribution is 2.23. The van der Waals surface area contributed by atoms with Crippen molar-refractivity contribution in [1.29, 1.82) is 0 Å². The zero-order valence-electron chi connectivity index (χ0n) is 23.4. The molecule has 0 heterocycles. The third-order valence-corrected chi connectivity index (χ3v) is 5.68. The molecule has 39 heavy (non-hydrogen) atoms. The zero-order chi connectivity index (χ0) is 29.2. The lowest BCUT2D eigenvalue weighted by molar-refractivity contribution is -0.143. The fourth-order valence-corrected chi connectivity index (χ4v) is 3.81. The summed E-state index contributed by atoms with van der Waals surface area (Å²) in [5.41, 5.74) is 1.43. The molecule has 10 heteroatoms. The van der Waals surface area contributed by atoms with Crippen molar-refractivity contribution < 1.29 is 33.8 Å². The molecular formula is C29H39N3O7. The number of esters is 1. The lowest BCUT2D eigenvalue weighted by atomic mass is 10.00. The van der Waals surface area contributed by atoms with E-state index in [4.69, 9.17) is 9.47 Å². The largest absolute Gasteiger partial charge is 0.508 e. The first-order valence-corrected chi connectivity index (χ1v) is 12.8. The van der Waals surface area contributed by atoms with Gasteiger partial charge in [-0.2, -0.15) is 0 Å². The molecule has 2 aromatic rings. The fourth-order valence-electron chi connectivity index (χ4n) is 3.81. The maximum Gasteiger partial charge on any atom is 0.408 e. The standard InChI is InChI=1S/C29H39N3O7/c1-7-38-24(34)16-17-30-26(35)25(21-12-8-19(2)9-13-21)32(6)27(36)23(31-28(37)39-29(3,4)5)18-20-10-14-22(33)15-11-20/h8-15,23,25,33H,7,16-18H2,1-6H3,(H,30,35)(H,31,37). The molecule has 3 amide bonds. The second kappa shape index (κ2) is 14.2. The number of aryl methyl sites for hydroxylation is 1. The van der Waals surface area contributed by atoms with Gasteiger partial charge in [0.2, 0.25) is 11.8 Å². The molecule has 2 unspecified atom stereocenters. The number of aromatic hydroxyl groups is 1. The summed E-state index contributed by atoms with van der Waals surface area (Å²) in [7, 11) is 1.48. The molecule has 2 rings (SSSR count). The topological polar surface area (TPSA) is 134 Å². The summed E-state index contributed by atoms with van der Waals surface area (Å²) in [5.74, 6) is -1.39. The molecule has 10 nitrogen and oxygen atoms in total. The van der Waals surface area contributed by atoms with Gasteiger partial charge in [0, 0.05) is 20.0 Å². The van der Waals surface area contributed by atoms with E-state index in [1.54, 1.807) is 52.0 Å². The van der Waals surface area contributed by atoms with Gasteiger partial charge in [0.25, 0.3) is 0 Å². The van der Waals surface area contributed by atoms with Crippen LogP contribution in [0.2, 0.25) is 0 Å². The van der Waals surface area contributed by atoms with Crippen LogP contribution < -0.4 is 10.6 Å². The number of phenols is 1. The van der Waals surface area contributed by atoms with E-state index in [0.717, 1.165) is 5.56 Å². The number of alkyl carbamates (subject to hydrolysis) is 1. The minimum atomic E-state index is -1.07. The fraction of sp³-hybridized carbons (Fsp3) is 0.448. The van der Waals surface area contributed by atoms with Crippen LogP contribution in [-0.4, -0.2) is 65.7 Å². The second-order valence-electron chi connectivity index (χ2n) is 10.2. The number of rotatable bonds is 11. The Bertz CT molecular complexity index is 1130. The van der Waals surface area contributed by atoms with Gasteiger partial charge < -0.3 is 30.1 Å². The first-order chi connectivity index (χ1) is 18.3. The van der Waals surface area contributed by atoms with E-state index < -0.39 is 41.6 Å². The SMILES string of the molecule is CCOC(=O)CCNC(=O)C(c1ccc(C)cc1)N(C)C(=O)C(Cc1ccc(O)cc1)NC(=O)OC(C)(C)C. The molecule has 0 aliphatic rings. The number of hydrogen-bond acceptors (Lipinski definition) is 7. The molecule has 2 atom stereocenters. The molecule has 2 aromatic carbocycles. The Labute approximate surface area is 229 Å². The average Bonchev–Trinajstić information content (AvgIpc) is 2.84. The molecule has 0 aromatic heterocycles. The lowest BCUT2D eigenvalue weighted by Gasteiger charge is -2.32. The van der Waals surface area contributed by atoms with Gasteiger partial charge >= 0.3 is 12.1 Å². The summed E-state index contributed by atoms with van der Waals surface area (Å²) in [4.78, 5) is 52.8. The van der Waals surface area contributed by atoms with Crippen LogP contribution in [0.15, 0.2) is 48.5 Å². The summed E-state index contributed by atoms with van der Waals surface area (Å²) < 4.78 is 10.3. The number of phenolic OH excluding ortho intramolecular Hbond substituents is 1. The molecule has 212 valence electrons. The first-order valence-electron chi connectivity index (χ1n) is 12.8. The highest BCUT2D eigenvalue weighted by molar-refractivity contribution is 5.92. The monoisotopic (exact) mass is 541 g/mol. The maximum atomic E-state index is 13.8. The van der Waals surface area contributed by atoms with Crippen LogP contribution in [-0.2, 0) is 30.3 Å². The van der Waals surface area contributed by atoms with Crippen molar-refractivity contribution in [2.45, 2.75) is 65.1 Å². The number of carbonyl (C=O) groups is 4. The minimum Gasteiger partial charge on any atom is -0.508 e. The highest BCUT2D eigenvalue weighted by atomic mass is 16.6. The summed E-state index contributed by atoms with van der Waals surface area (Å²) in [5, 5.41) is 15.0. The molecule has 0 spiro atoms. The van der Waals surface area contributed by atoms with E-state index >= 15 is 0 Å². The molecule has 0 saturated carbocycles. The maximum absolute atomic E-state index is 13.8. The van der Waals surface area contributed by atoms with Crippen molar-refractivity contribution >= 4 is 23.9 Å². The Morgan fingerprint density at radius 3 is 2.18 bits per heavy atom. The molecule has 0 radical (unpaired) electrons. The molecule has 0 saturated heterocycles. The Balaban J connectivity index is 2.34. The number of nitrogens with zero attached hydrogens (tertiary/aromatic N) is 1. The van der Waals surface area contributed by atoms with Crippen molar-refractivity contribution in [3.8, 4) is 5.75 Å². The highest BCUT2D eigenvalue weighted by Gasteiger charge is 2.34. The number of hydrogen-bond donors (Lipinski definition) is 3. The van der Waals surface area contributed by atoms with E-state index in [1.165, 1.54) is 24.1 Å². The van der Waals surface area contributed by atoms with E-state index in [2.05, 4.69) is 10.6 Å². The molecule has 0 bridgehead atoms. The van der Waals surface area contributed by atoms with Crippen LogP contribution in [0.4, 0.5) is 4.79 Å². The number of benzene rings is 2. The predicted molar refractivity (Wildman–Crippen MR) is 146 cm³/mol. The van der Waals surface area contributed by atoms with Gasteiger partial charge in [0.15, 0.2) is 0 Å². The third-order valence-electron chi connectivity index (χ3n) is 5.68. The quantitative estimate of drug-likeness (QED) is 0.371. The first kappa shape index (κ1) is 31.1. The molecule has 0 fully saturated rings. The number of nitrogens with one attached hydrogen (secondary N) is 2. The van der Waals surface area contributed by atoms with Crippen LogP contribution in [0.5, 0.6) is 5.75 Å². The van der Waals surface area contributed by atoms with E-state index in [0.29, 0.717) is 11.1 Å². The van der Waals surface area contributed by atoms with Crippen molar-refractivity contribution in [1.82, 2.24) is 15.5 Å². The van der Waals surface area contributed by atoms with Crippen LogP contribution in [0.25, 0.3) is 0 Å². The number of amides is 3. The Morgan fingerprint density at radius 1 is 1.00 bits per heavy atom. The van der Waals surface area contributed by atoms with Crippen LogP contribution in [0.3, 0.4) is 0 Å². The van der Waals surface area contributed by atoms with E-state index in [1.807, 2.05) is 19.1 Å². The second-order valence-corrected chi connectivity index (χ2v) is 10.2. The number of ether oxygens (including phenoxy) is 2. The molecule has 3 N–H and O–H groups in total. The van der Waals surface area contributed by atoms with Gasteiger partial charge in [-0.05, 0) is 57.9 Å². The zero-order valence-corrected chi connectivity index (χ0v) is 23.4. The van der Waals surface area contributed by atoms with E-state index in [9.17, 15) is 24.3 Å². The summed E-state index contributed by atoms with van der Waals surface area (Å²) in [6.45, 7) is 9.02. The van der Waals surface area contributed by atoms with Gasteiger partial charge in [-0.25, -0.2) is 4.79 Å². The molecular weight excluding hydrogens is 502 g/mol. The number of carbonyl (C=O) groups excluding carboxylic acids is 4. The van der Waals surface area contributed by atoms with Gasteiger partial charge in [-0.15, -0.1) is 0 Å².